The van der Waals surface area contributed by atoms with Crippen LogP contribution in [0.3, 0.4) is 0 Å². The molecule has 0 aromatic heterocycles. The molecule has 1 heterocycles. The SMILES string of the molecule is COc1cc2c(c(OC)c1OC)-c1cc3c(cc1C2=O)OCO3. The molecule has 1 aliphatic carbocycles. The Morgan fingerprint density at radius 1 is 0.826 bits per heavy atom. The molecule has 2 aliphatic rings. The van der Waals surface area contributed by atoms with Crippen LogP contribution in [0.4, 0.5) is 0 Å². The number of ether oxygens (including phenoxy) is 5. The molecule has 0 unspecified atom stereocenters. The van der Waals surface area contributed by atoms with Crippen molar-refractivity contribution in [2.45, 2.75) is 0 Å². The van der Waals surface area contributed by atoms with Crippen molar-refractivity contribution in [3.63, 3.8) is 0 Å². The summed E-state index contributed by atoms with van der Waals surface area (Å²) in [4.78, 5) is 12.8. The molecule has 1 aliphatic heterocycles. The van der Waals surface area contributed by atoms with Crippen molar-refractivity contribution in [2.24, 2.45) is 0 Å². The van der Waals surface area contributed by atoms with Gasteiger partial charge in [-0.1, -0.05) is 0 Å². The summed E-state index contributed by atoms with van der Waals surface area (Å²) in [7, 11) is 4.59. The third-order valence-electron chi connectivity index (χ3n) is 4.10. The molecule has 6 nitrogen and oxygen atoms in total. The lowest BCUT2D eigenvalue weighted by atomic mass is 10.0. The molecule has 6 heteroatoms. The van der Waals surface area contributed by atoms with Crippen LogP contribution in [0.2, 0.25) is 0 Å². The molecule has 0 amide bonds. The van der Waals surface area contributed by atoms with Crippen molar-refractivity contribution >= 4 is 5.78 Å². The van der Waals surface area contributed by atoms with E-state index >= 15 is 0 Å². The fraction of sp³-hybridized carbons (Fsp3) is 0.235. The lowest BCUT2D eigenvalue weighted by Crippen LogP contribution is -2.00. The second-order valence-electron chi connectivity index (χ2n) is 5.15. The van der Waals surface area contributed by atoms with Crippen LogP contribution in [0.25, 0.3) is 11.1 Å². The number of methoxy groups -OCH3 is 3. The van der Waals surface area contributed by atoms with Crippen LogP contribution < -0.4 is 23.7 Å². The smallest absolute Gasteiger partial charge is 0.231 e. The fourth-order valence-corrected chi connectivity index (χ4v) is 3.08. The van der Waals surface area contributed by atoms with E-state index in [0.29, 0.717) is 45.4 Å². The maximum Gasteiger partial charge on any atom is 0.231 e. The summed E-state index contributed by atoms with van der Waals surface area (Å²) in [6, 6.07) is 5.18. The number of benzene rings is 2. The van der Waals surface area contributed by atoms with Crippen LogP contribution in [0.15, 0.2) is 18.2 Å². The Hall–Kier alpha value is -2.89. The highest BCUT2D eigenvalue weighted by atomic mass is 16.7. The largest absolute Gasteiger partial charge is 0.493 e. The fourth-order valence-electron chi connectivity index (χ4n) is 3.08. The zero-order valence-electron chi connectivity index (χ0n) is 12.9. The Kier molecular flexibility index (Phi) is 2.87. The quantitative estimate of drug-likeness (QED) is 0.740. The van der Waals surface area contributed by atoms with Crippen LogP contribution in [0.5, 0.6) is 28.7 Å². The van der Waals surface area contributed by atoms with E-state index in [1.54, 1.807) is 18.2 Å². The predicted molar refractivity (Wildman–Crippen MR) is 81.1 cm³/mol. The van der Waals surface area contributed by atoms with Crippen LogP contribution in [0, 0.1) is 0 Å². The Morgan fingerprint density at radius 2 is 1.48 bits per heavy atom. The number of ketones is 1. The predicted octanol–water partition coefficient (Wildman–Crippen LogP) is 2.65. The van der Waals surface area contributed by atoms with Gasteiger partial charge in [-0.2, -0.15) is 0 Å². The first-order chi connectivity index (χ1) is 11.2. The summed E-state index contributed by atoms with van der Waals surface area (Å²) in [5.74, 6) is 2.45. The van der Waals surface area contributed by atoms with Crippen LogP contribution in [0.1, 0.15) is 15.9 Å². The van der Waals surface area contributed by atoms with Gasteiger partial charge in [0.25, 0.3) is 0 Å². The number of fused-ring (bicyclic) bond motifs is 4. The first-order valence-electron chi connectivity index (χ1n) is 7.01. The van der Waals surface area contributed by atoms with Crippen molar-refractivity contribution in [3.8, 4) is 39.9 Å². The van der Waals surface area contributed by atoms with E-state index in [1.165, 1.54) is 21.3 Å². The summed E-state index contributed by atoms with van der Waals surface area (Å²) >= 11 is 0. The van der Waals surface area contributed by atoms with Gasteiger partial charge in [0, 0.05) is 22.3 Å². The van der Waals surface area contributed by atoms with Crippen molar-refractivity contribution in [1.82, 2.24) is 0 Å². The molecule has 2 aromatic rings. The first-order valence-corrected chi connectivity index (χ1v) is 7.01. The molecule has 23 heavy (non-hydrogen) atoms. The average Bonchev–Trinajstić information content (AvgIpc) is 3.14. The topological polar surface area (TPSA) is 63.2 Å². The molecular formula is C17H14O6. The monoisotopic (exact) mass is 314 g/mol. The van der Waals surface area contributed by atoms with Gasteiger partial charge in [0.1, 0.15) is 0 Å². The van der Waals surface area contributed by atoms with E-state index in [-0.39, 0.29) is 12.6 Å². The highest BCUT2D eigenvalue weighted by Crippen LogP contribution is 2.53. The number of hydrogen-bond donors (Lipinski definition) is 0. The van der Waals surface area contributed by atoms with Crippen molar-refractivity contribution in [3.05, 3.63) is 29.3 Å². The third-order valence-corrected chi connectivity index (χ3v) is 4.10. The van der Waals surface area contributed by atoms with Crippen molar-refractivity contribution in [2.75, 3.05) is 28.1 Å². The maximum atomic E-state index is 12.8. The molecule has 0 bridgehead atoms. The number of carbonyl (C=O) groups is 1. The average molecular weight is 314 g/mol. The number of rotatable bonds is 3. The van der Waals surface area contributed by atoms with E-state index in [2.05, 4.69) is 0 Å². The molecule has 0 saturated heterocycles. The van der Waals surface area contributed by atoms with Crippen molar-refractivity contribution in [1.29, 1.82) is 0 Å². The van der Waals surface area contributed by atoms with Gasteiger partial charge in [0.2, 0.25) is 12.5 Å². The Balaban J connectivity index is 2.05. The highest BCUT2D eigenvalue weighted by Gasteiger charge is 2.35. The van der Waals surface area contributed by atoms with Gasteiger partial charge < -0.3 is 23.7 Å². The van der Waals surface area contributed by atoms with Gasteiger partial charge in [0.15, 0.2) is 28.8 Å². The second kappa shape index (κ2) is 4.81. The first kappa shape index (κ1) is 13.8. The summed E-state index contributed by atoms with van der Waals surface area (Å²) < 4.78 is 27.0. The second-order valence-corrected chi connectivity index (χ2v) is 5.15. The minimum Gasteiger partial charge on any atom is -0.493 e. The number of hydrogen-bond acceptors (Lipinski definition) is 6. The molecule has 0 N–H and O–H groups in total. The molecular weight excluding hydrogens is 300 g/mol. The van der Waals surface area contributed by atoms with Crippen LogP contribution in [-0.4, -0.2) is 33.9 Å². The Morgan fingerprint density at radius 3 is 2.09 bits per heavy atom. The normalized spacial score (nSPS) is 13.6. The van der Waals surface area contributed by atoms with E-state index < -0.39 is 0 Å². The van der Waals surface area contributed by atoms with Gasteiger partial charge in [-0.15, -0.1) is 0 Å². The molecule has 4 rings (SSSR count). The molecule has 0 atom stereocenters. The maximum absolute atomic E-state index is 12.8. The molecule has 0 saturated carbocycles. The van der Waals surface area contributed by atoms with E-state index in [0.717, 1.165) is 5.56 Å². The zero-order valence-corrected chi connectivity index (χ0v) is 12.9. The third kappa shape index (κ3) is 1.72. The summed E-state index contributed by atoms with van der Waals surface area (Å²) in [6.45, 7) is 0.155. The van der Waals surface area contributed by atoms with Crippen molar-refractivity contribution < 1.29 is 28.5 Å². The number of carbonyl (C=O) groups excluding carboxylic acids is 1. The Labute approximate surface area is 132 Å². The molecule has 0 spiro atoms. The van der Waals surface area contributed by atoms with Gasteiger partial charge in [0.05, 0.1) is 21.3 Å². The minimum absolute atomic E-state index is 0.104. The van der Waals surface area contributed by atoms with Gasteiger partial charge in [-0.05, 0) is 18.2 Å². The molecule has 0 fully saturated rings. The standard InChI is InChI=1S/C17H14O6/c1-19-13-6-10-14(17(21-3)16(13)20-2)8-4-11-12(23-7-22-11)5-9(8)15(10)18/h4-6H,7H2,1-3H3. The summed E-state index contributed by atoms with van der Waals surface area (Å²) in [5, 5.41) is 0. The van der Waals surface area contributed by atoms with Crippen LogP contribution in [-0.2, 0) is 0 Å². The lowest BCUT2D eigenvalue weighted by Gasteiger charge is -2.15. The summed E-state index contributed by atoms with van der Waals surface area (Å²) in [5.41, 5.74) is 2.49. The molecule has 118 valence electrons. The van der Waals surface area contributed by atoms with Crippen LogP contribution >= 0.6 is 0 Å². The van der Waals surface area contributed by atoms with Gasteiger partial charge in [-0.3, -0.25) is 4.79 Å². The minimum atomic E-state index is -0.104. The Bertz CT molecular complexity index is 840. The van der Waals surface area contributed by atoms with E-state index in [9.17, 15) is 4.79 Å². The van der Waals surface area contributed by atoms with E-state index in [4.69, 9.17) is 23.7 Å². The molecule has 0 radical (unpaired) electrons. The van der Waals surface area contributed by atoms with E-state index in [1.807, 2.05) is 0 Å². The zero-order chi connectivity index (χ0) is 16.1. The highest BCUT2D eigenvalue weighted by molar-refractivity contribution is 6.23. The lowest BCUT2D eigenvalue weighted by molar-refractivity contribution is 0.104. The van der Waals surface area contributed by atoms with Gasteiger partial charge in [-0.25, -0.2) is 0 Å². The van der Waals surface area contributed by atoms with Gasteiger partial charge >= 0.3 is 0 Å². The summed E-state index contributed by atoms with van der Waals surface area (Å²) in [6.07, 6.45) is 0. The molecule has 2 aromatic carbocycles.